The fourth-order valence-electron chi connectivity index (χ4n) is 2.81. The smallest absolute Gasteiger partial charge is 0.246 e. The molecule has 0 saturated carbocycles. The number of pyridine rings is 1. The van der Waals surface area contributed by atoms with Crippen LogP contribution in [0.2, 0.25) is 0 Å². The minimum absolute atomic E-state index is 0.0979. The highest BCUT2D eigenvalue weighted by atomic mass is 32.1. The summed E-state index contributed by atoms with van der Waals surface area (Å²) in [7, 11) is 1.86. The molecule has 0 aliphatic carbocycles. The van der Waals surface area contributed by atoms with Crippen LogP contribution in [0.15, 0.2) is 36.1 Å². The normalized spacial score (nSPS) is 15.8. The minimum Gasteiger partial charge on any atom is -0.359 e. The van der Waals surface area contributed by atoms with Crippen LogP contribution >= 0.6 is 11.3 Å². The molecule has 0 unspecified atom stereocenters. The zero-order valence-corrected chi connectivity index (χ0v) is 13.0. The van der Waals surface area contributed by atoms with Crippen molar-refractivity contribution in [1.29, 1.82) is 0 Å². The Hall–Kier alpha value is -2.41. The number of thiophene rings is 1. The van der Waals surface area contributed by atoms with Crippen LogP contribution in [-0.4, -0.2) is 40.3 Å². The van der Waals surface area contributed by atoms with Crippen molar-refractivity contribution in [3.8, 4) is 0 Å². The fourth-order valence-corrected chi connectivity index (χ4v) is 3.70. The number of fused-ring (bicyclic) bond motifs is 1. The number of amides is 1. The van der Waals surface area contributed by atoms with Gasteiger partial charge in [-0.1, -0.05) is 0 Å². The monoisotopic (exact) mass is 313 g/mol. The summed E-state index contributed by atoms with van der Waals surface area (Å²) in [5.41, 5.74) is 2.95. The summed E-state index contributed by atoms with van der Waals surface area (Å²) in [5.74, 6) is 0.0979. The SMILES string of the molecule is Cn1cc(N2CCN(c3ccnc4ccsc34)CC2=O)cn1. The van der Waals surface area contributed by atoms with Gasteiger partial charge in [0.1, 0.15) is 0 Å². The minimum atomic E-state index is 0.0979. The number of aromatic nitrogens is 3. The molecule has 0 N–H and O–H groups in total. The number of piperazine rings is 1. The van der Waals surface area contributed by atoms with Gasteiger partial charge >= 0.3 is 0 Å². The van der Waals surface area contributed by atoms with Crippen molar-refractivity contribution >= 4 is 38.8 Å². The summed E-state index contributed by atoms with van der Waals surface area (Å²) in [4.78, 5) is 20.8. The van der Waals surface area contributed by atoms with E-state index in [2.05, 4.69) is 15.0 Å². The van der Waals surface area contributed by atoms with Crippen LogP contribution in [0.3, 0.4) is 0 Å². The van der Waals surface area contributed by atoms with Crippen molar-refractivity contribution in [2.45, 2.75) is 0 Å². The van der Waals surface area contributed by atoms with E-state index >= 15 is 0 Å². The Labute approximate surface area is 131 Å². The number of carbonyl (C=O) groups excluding carboxylic acids is 1. The molecule has 1 fully saturated rings. The van der Waals surface area contributed by atoms with Crippen molar-refractivity contribution in [1.82, 2.24) is 14.8 Å². The molecule has 1 amide bonds. The van der Waals surface area contributed by atoms with Gasteiger partial charge in [-0.05, 0) is 17.5 Å². The number of aryl methyl sites for hydroxylation is 1. The highest BCUT2D eigenvalue weighted by Gasteiger charge is 2.27. The standard InChI is InChI=1S/C15H15N5OS/c1-18-9-11(8-17-18)20-6-5-19(10-14(20)21)13-2-4-16-12-3-7-22-15(12)13/h2-4,7-9H,5-6,10H2,1H3. The van der Waals surface area contributed by atoms with Gasteiger partial charge in [0.05, 0.1) is 34.3 Å². The summed E-state index contributed by atoms with van der Waals surface area (Å²) in [6.45, 7) is 1.85. The number of hydrogen-bond acceptors (Lipinski definition) is 5. The molecule has 7 heteroatoms. The maximum Gasteiger partial charge on any atom is 0.246 e. The number of hydrogen-bond donors (Lipinski definition) is 0. The van der Waals surface area contributed by atoms with Crippen molar-refractivity contribution in [3.63, 3.8) is 0 Å². The summed E-state index contributed by atoms with van der Waals surface area (Å²) >= 11 is 1.67. The first-order valence-corrected chi connectivity index (χ1v) is 7.96. The van der Waals surface area contributed by atoms with E-state index in [1.807, 2.05) is 37.0 Å². The van der Waals surface area contributed by atoms with E-state index in [1.165, 1.54) is 0 Å². The second-order valence-electron chi connectivity index (χ2n) is 5.30. The predicted molar refractivity (Wildman–Crippen MR) is 87.4 cm³/mol. The molecule has 0 atom stereocenters. The molecule has 1 saturated heterocycles. The van der Waals surface area contributed by atoms with Gasteiger partial charge in [0.25, 0.3) is 0 Å². The van der Waals surface area contributed by atoms with Gasteiger partial charge in [-0.15, -0.1) is 11.3 Å². The van der Waals surface area contributed by atoms with Crippen molar-refractivity contribution in [3.05, 3.63) is 36.1 Å². The van der Waals surface area contributed by atoms with Crippen LogP contribution in [0.1, 0.15) is 0 Å². The average molecular weight is 313 g/mol. The average Bonchev–Trinajstić information content (AvgIpc) is 3.15. The molecule has 6 nitrogen and oxygen atoms in total. The molecule has 3 aromatic rings. The summed E-state index contributed by atoms with van der Waals surface area (Å²) in [6.07, 6.45) is 5.41. The molecule has 0 aromatic carbocycles. The largest absolute Gasteiger partial charge is 0.359 e. The second kappa shape index (κ2) is 5.10. The molecule has 0 spiro atoms. The number of anilines is 2. The Balaban J connectivity index is 1.60. The van der Waals surface area contributed by atoms with Crippen molar-refractivity contribution < 1.29 is 4.79 Å². The molecule has 22 heavy (non-hydrogen) atoms. The van der Waals surface area contributed by atoms with Crippen LogP contribution in [0.4, 0.5) is 11.4 Å². The van der Waals surface area contributed by atoms with Gasteiger partial charge < -0.3 is 9.80 Å². The Kier molecular flexibility index (Phi) is 3.07. The van der Waals surface area contributed by atoms with Gasteiger partial charge in [-0.25, -0.2) is 0 Å². The van der Waals surface area contributed by atoms with Crippen molar-refractivity contribution in [2.75, 3.05) is 29.4 Å². The van der Waals surface area contributed by atoms with E-state index in [0.29, 0.717) is 13.1 Å². The quantitative estimate of drug-likeness (QED) is 0.725. The van der Waals surface area contributed by atoms with Gasteiger partial charge in [0.15, 0.2) is 0 Å². The lowest BCUT2D eigenvalue weighted by atomic mass is 10.2. The van der Waals surface area contributed by atoms with Crippen LogP contribution in [0.25, 0.3) is 10.2 Å². The molecule has 1 aliphatic heterocycles. The van der Waals surface area contributed by atoms with E-state index < -0.39 is 0 Å². The third-order valence-corrected chi connectivity index (χ3v) is 4.81. The molecule has 1 aliphatic rings. The van der Waals surface area contributed by atoms with Gasteiger partial charge in [0.2, 0.25) is 5.91 Å². The summed E-state index contributed by atoms with van der Waals surface area (Å²) in [5, 5.41) is 6.18. The Morgan fingerprint density at radius 2 is 2.18 bits per heavy atom. The molecule has 112 valence electrons. The predicted octanol–water partition coefficient (Wildman–Crippen LogP) is 1.88. The first kappa shape index (κ1) is 13.3. The molecule has 0 bridgehead atoms. The fraction of sp³-hybridized carbons (Fsp3) is 0.267. The highest BCUT2D eigenvalue weighted by molar-refractivity contribution is 7.17. The zero-order valence-electron chi connectivity index (χ0n) is 12.1. The van der Waals surface area contributed by atoms with E-state index in [0.717, 1.165) is 28.1 Å². The van der Waals surface area contributed by atoms with Crippen LogP contribution in [-0.2, 0) is 11.8 Å². The maximum atomic E-state index is 12.5. The first-order valence-electron chi connectivity index (χ1n) is 7.08. The maximum absolute atomic E-state index is 12.5. The van der Waals surface area contributed by atoms with Crippen LogP contribution in [0.5, 0.6) is 0 Å². The molecular weight excluding hydrogens is 298 g/mol. The lowest BCUT2D eigenvalue weighted by molar-refractivity contribution is -0.117. The van der Waals surface area contributed by atoms with Gasteiger partial charge in [0, 0.05) is 32.5 Å². The number of rotatable bonds is 2. The Bertz CT molecular complexity index is 839. The van der Waals surface area contributed by atoms with E-state index in [9.17, 15) is 4.79 Å². The first-order chi connectivity index (χ1) is 10.7. The third-order valence-electron chi connectivity index (χ3n) is 3.89. The Morgan fingerprint density at radius 1 is 1.27 bits per heavy atom. The number of carbonyl (C=O) groups is 1. The topological polar surface area (TPSA) is 54.3 Å². The Morgan fingerprint density at radius 3 is 2.95 bits per heavy atom. The van der Waals surface area contributed by atoms with E-state index in [1.54, 1.807) is 27.1 Å². The summed E-state index contributed by atoms with van der Waals surface area (Å²) < 4.78 is 2.86. The molecular formula is C15H15N5OS. The van der Waals surface area contributed by atoms with Crippen molar-refractivity contribution in [2.24, 2.45) is 7.05 Å². The third kappa shape index (κ3) is 2.14. The van der Waals surface area contributed by atoms with Crippen LogP contribution in [0, 0.1) is 0 Å². The van der Waals surface area contributed by atoms with Crippen LogP contribution < -0.4 is 9.80 Å². The highest BCUT2D eigenvalue weighted by Crippen LogP contribution is 2.31. The lowest BCUT2D eigenvalue weighted by Gasteiger charge is -2.35. The zero-order chi connectivity index (χ0) is 15.1. The van der Waals surface area contributed by atoms with Gasteiger partial charge in [-0.2, -0.15) is 5.10 Å². The molecule has 0 radical (unpaired) electrons. The van der Waals surface area contributed by atoms with E-state index in [4.69, 9.17) is 0 Å². The lowest BCUT2D eigenvalue weighted by Crippen LogP contribution is -2.50. The van der Waals surface area contributed by atoms with Gasteiger partial charge in [-0.3, -0.25) is 14.5 Å². The molecule has 3 aromatic heterocycles. The second-order valence-corrected chi connectivity index (χ2v) is 6.22. The van der Waals surface area contributed by atoms with E-state index in [-0.39, 0.29) is 5.91 Å². The summed E-state index contributed by atoms with van der Waals surface area (Å²) in [6, 6.07) is 4.00. The number of nitrogens with zero attached hydrogens (tertiary/aromatic N) is 5. The molecule has 4 rings (SSSR count). The molecule has 4 heterocycles.